The van der Waals surface area contributed by atoms with Gasteiger partial charge in [0.05, 0.1) is 0 Å². The number of nitrogens with one attached hydrogen (secondary N) is 1. The Labute approximate surface area is 109 Å². The molecule has 1 heterocycles. The number of carboxylic acids is 1. The van der Waals surface area contributed by atoms with Gasteiger partial charge < -0.3 is 15.3 Å². The number of aliphatic carboxylic acids is 1. The Kier molecular flexibility index (Phi) is 6.12. The molecule has 0 bridgehead atoms. The summed E-state index contributed by atoms with van der Waals surface area (Å²) in [6, 6.07) is -0.218. The van der Waals surface area contributed by atoms with Crippen LogP contribution in [0.5, 0.6) is 0 Å². The predicted molar refractivity (Wildman–Crippen MR) is 69.4 cm³/mol. The van der Waals surface area contributed by atoms with Crippen molar-refractivity contribution in [1.29, 1.82) is 0 Å². The van der Waals surface area contributed by atoms with Crippen molar-refractivity contribution in [3.05, 3.63) is 0 Å². The van der Waals surface area contributed by atoms with Gasteiger partial charge in [-0.1, -0.05) is 13.3 Å². The molecule has 0 spiro atoms. The molecule has 2 atom stereocenters. The number of nitrogens with zero attached hydrogens (tertiary/aromatic N) is 1. The number of likely N-dealkylation sites (tertiary alicyclic amines) is 1. The number of amides is 1. The molecule has 0 aromatic heterocycles. The molecule has 18 heavy (non-hydrogen) atoms. The molecule has 1 rings (SSSR count). The van der Waals surface area contributed by atoms with Gasteiger partial charge in [0.25, 0.3) is 0 Å². The van der Waals surface area contributed by atoms with Crippen LogP contribution < -0.4 is 5.32 Å². The lowest BCUT2D eigenvalue weighted by Crippen LogP contribution is -2.43. The van der Waals surface area contributed by atoms with Gasteiger partial charge in [0, 0.05) is 19.0 Å². The first kappa shape index (κ1) is 15.0. The molecule has 1 aliphatic rings. The topological polar surface area (TPSA) is 69.6 Å². The lowest BCUT2D eigenvalue weighted by molar-refractivity contribution is -0.142. The highest BCUT2D eigenvalue weighted by atomic mass is 16.4. The number of carbonyl (C=O) groups is 2. The van der Waals surface area contributed by atoms with Crippen LogP contribution in [0.15, 0.2) is 0 Å². The van der Waals surface area contributed by atoms with Crippen molar-refractivity contribution in [1.82, 2.24) is 10.2 Å². The predicted octanol–water partition coefficient (Wildman–Crippen LogP) is 1.23. The van der Waals surface area contributed by atoms with Crippen LogP contribution in [-0.4, -0.2) is 47.1 Å². The SMILES string of the molecule is CCC(NC(=O)CCN1CCCCC1C)C(=O)O. The second-order valence-electron chi connectivity index (χ2n) is 5.00. The summed E-state index contributed by atoms with van der Waals surface area (Å²) < 4.78 is 0. The van der Waals surface area contributed by atoms with E-state index in [9.17, 15) is 9.59 Å². The smallest absolute Gasteiger partial charge is 0.326 e. The van der Waals surface area contributed by atoms with Gasteiger partial charge in [0.1, 0.15) is 6.04 Å². The lowest BCUT2D eigenvalue weighted by Gasteiger charge is -2.33. The maximum atomic E-state index is 11.7. The van der Waals surface area contributed by atoms with E-state index in [0.29, 0.717) is 18.9 Å². The third-order valence-electron chi connectivity index (χ3n) is 3.61. The fraction of sp³-hybridized carbons (Fsp3) is 0.846. The average molecular weight is 256 g/mol. The minimum Gasteiger partial charge on any atom is -0.480 e. The molecule has 1 fully saturated rings. The standard InChI is InChI=1S/C13H24N2O3/c1-3-11(13(17)18)14-12(16)7-9-15-8-5-4-6-10(15)2/h10-11H,3-9H2,1-2H3,(H,14,16)(H,17,18). The Balaban J connectivity index is 2.29. The van der Waals surface area contributed by atoms with E-state index in [1.807, 2.05) is 0 Å². The Morgan fingerprint density at radius 1 is 1.44 bits per heavy atom. The molecule has 1 amide bonds. The summed E-state index contributed by atoms with van der Waals surface area (Å²) >= 11 is 0. The molecule has 0 radical (unpaired) electrons. The highest BCUT2D eigenvalue weighted by Gasteiger charge is 2.21. The second-order valence-corrected chi connectivity index (χ2v) is 5.00. The molecule has 1 saturated heterocycles. The Morgan fingerprint density at radius 2 is 2.17 bits per heavy atom. The van der Waals surface area contributed by atoms with E-state index in [2.05, 4.69) is 17.1 Å². The van der Waals surface area contributed by atoms with Crippen LogP contribution in [0.4, 0.5) is 0 Å². The van der Waals surface area contributed by atoms with Crippen LogP contribution in [-0.2, 0) is 9.59 Å². The first-order valence-electron chi connectivity index (χ1n) is 6.80. The molecule has 5 heteroatoms. The fourth-order valence-corrected chi connectivity index (χ4v) is 2.34. The Bertz CT molecular complexity index is 294. The maximum absolute atomic E-state index is 11.7. The molecule has 1 aliphatic heterocycles. The first-order chi connectivity index (χ1) is 8.54. The van der Waals surface area contributed by atoms with E-state index in [-0.39, 0.29) is 5.91 Å². The zero-order valence-electron chi connectivity index (χ0n) is 11.3. The van der Waals surface area contributed by atoms with Crippen LogP contribution in [0, 0.1) is 0 Å². The summed E-state index contributed by atoms with van der Waals surface area (Å²) in [5, 5.41) is 11.4. The number of hydrogen-bond acceptors (Lipinski definition) is 3. The number of carbonyl (C=O) groups excluding carboxylic acids is 1. The molecular formula is C13H24N2O3. The minimum atomic E-state index is -0.961. The zero-order chi connectivity index (χ0) is 13.5. The zero-order valence-corrected chi connectivity index (χ0v) is 11.3. The van der Waals surface area contributed by atoms with Crippen molar-refractivity contribution in [2.24, 2.45) is 0 Å². The van der Waals surface area contributed by atoms with E-state index in [1.54, 1.807) is 6.92 Å². The number of carboxylic acid groups (broad SMARTS) is 1. The Morgan fingerprint density at radius 3 is 2.72 bits per heavy atom. The van der Waals surface area contributed by atoms with Crippen molar-refractivity contribution in [3.63, 3.8) is 0 Å². The van der Waals surface area contributed by atoms with E-state index >= 15 is 0 Å². The van der Waals surface area contributed by atoms with E-state index in [0.717, 1.165) is 13.1 Å². The molecule has 0 saturated carbocycles. The monoisotopic (exact) mass is 256 g/mol. The third-order valence-corrected chi connectivity index (χ3v) is 3.61. The third kappa shape index (κ3) is 4.64. The summed E-state index contributed by atoms with van der Waals surface area (Å²) in [4.78, 5) is 24.8. The van der Waals surface area contributed by atoms with E-state index < -0.39 is 12.0 Å². The minimum absolute atomic E-state index is 0.165. The summed E-state index contributed by atoms with van der Waals surface area (Å²) in [6.45, 7) is 5.71. The van der Waals surface area contributed by atoms with Crippen LogP contribution >= 0.6 is 0 Å². The van der Waals surface area contributed by atoms with Crippen LogP contribution in [0.1, 0.15) is 46.0 Å². The first-order valence-corrected chi connectivity index (χ1v) is 6.80. The van der Waals surface area contributed by atoms with Crippen molar-refractivity contribution < 1.29 is 14.7 Å². The van der Waals surface area contributed by atoms with Crippen molar-refractivity contribution in [2.75, 3.05) is 13.1 Å². The summed E-state index contributed by atoms with van der Waals surface area (Å²) in [5.41, 5.74) is 0. The summed E-state index contributed by atoms with van der Waals surface area (Å²) in [5.74, 6) is -1.13. The molecule has 0 aromatic rings. The normalized spacial score (nSPS) is 22.4. The molecule has 104 valence electrons. The molecule has 5 nitrogen and oxygen atoms in total. The highest BCUT2D eigenvalue weighted by molar-refractivity contribution is 5.83. The molecule has 2 unspecified atom stereocenters. The number of rotatable bonds is 6. The number of hydrogen-bond donors (Lipinski definition) is 2. The van der Waals surface area contributed by atoms with Crippen LogP contribution in [0.2, 0.25) is 0 Å². The fourth-order valence-electron chi connectivity index (χ4n) is 2.34. The highest BCUT2D eigenvalue weighted by Crippen LogP contribution is 2.16. The van der Waals surface area contributed by atoms with Gasteiger partial charge in [-0.25, -0.2) is 4.79 Å². The van der Waals surface area contributed by atoms with E-state index in [4.69, 9.17) is 5.11 Å². The maximum Gasteiger partial charge on any atom is 0.326 e. The van der Waals surface area contributed by atoms with Gasteiger partial charge in [-0.15, -0.1) is 0 Å². The molecule has 2 N–H and O–H groups in total. The van der Waals surface area contributed by atoms with Crippen molar-refractivity contribution >= 4 is 11.9 Å². The van der Waals surface area contributed by atoms with Gasteiger partial charge >= 0.3 is 5.97 Å². The van der Waals surface area contributed by atoms with Gasteiger partial charge in [0.15, 0.2) is 0 Å². The van der Waals surface area contributed by atoms with Gasteiger partial charge in [0.2, 0.25) is 5.91 Å². The molecule has 0 aromatic carbocycles. The van der Waals surface area contributed by atoms with Gasteiger partial charge in [-0.2, -0.15) is 0 Å². The quantitative estimate of drug-likeness (QED) is 0.750. The van der Waals surface area contributed by atoms with Crippen LogP contribution in [0.3, 0.4) is 0 Å². The largest absolute Gasteiger partial charge is 0.480 e. The summed E-state index contributed by atoms with van der Waals surface area (Å²) in [7, 11) is 0. The average Bonchev–Trinajstić information content (AvgIpc) is 2.34. The van der Waals surface area contributed by atoms with Crippen molar-refractivity contribution in [3.8, 4) is 0 Å². The van der Waals surface area contributed by atoms with Gasteiger partial charge in [-0.05, 0) is 32.7 Å². The number of piperidine rings is 1. The Hall–Kier alpha value is -1.10. The lowest BCUT2D eigenvalue weighted by atomic mass is 10.0. The second kappa shape index (κ2) is 7.36. The van der Waals surface area contributed by atoms with E-state index in [1.165, 1.54) is 19.3 Å². The summed E-state index contributed by atoms with van der Waals surface area (Å²) in [6.07, 6.45) is 4.45. The molecular weight excluding hydrogens is 232 g/mol. The van der Waals surface area contributed by atoms with Crippen molar-refractivity contribution in [2.45, 2.75) is 58.0 Å². The van der Waals surface area contributed by atoms with Gasteiger partial charge in [-0.3, -0.25) is 4.79 Å². The van der Waals surface area contributed by atoms with Crippen LogP contribution in [0.25, 0.3) is 0 Å². The molecule has 0 aliphatic carbocycles.